The number of carbonyl (C=O) groups is 3. The first kappa shape index (κ1) is 22.5. The molecule has 0 bridgehead atoms. The SMILES string of the molecule is CC(=O)Nc1ccc(NC2=C(c3cccs3)C(=O)N(c3ccc(C(C)(C)C)cc3)C2=O)cc1. The van der Waals surface area contributed by atoms with Crippen LogP contribution in [-0.4, -0.2) is 17.7 Å². The maximum atomic E-state index is 13.5. The lowest BCUT2D eigenvalue weighted by Gasteiger charge is -2.21. The van der Waals surface area contributed by atoms with Gasteiger partial charge in [-0.15, -0.1) is 11.3 Å². The van der Waals surface area contributed by atoms with Crippen LogP contribution in [0.15, 0.2) is 71.7 Å². The van der Waals surface area contributed by atoms with E-state index in [1.54, 1.807) is 24.3 Å². The molecular weight excluding hydrogens is 434 g/mol. The Hall–Kier alpha value is -3.71. The molecule has 3 amide bonds. The summed E-state index contributed by atoms with van der Waals surface area (Å²) in [5.74, 6) is -0.927. The molecule has 1 aliphatic rings. The molecule has 0 spiro atoms. The standard InChI is InChI=1S/C26H25N3O3S/c1-16(30)27-18-9-11-19(12-10-18)28-23-22(21-6-5-15-33-21)24(31)29(25(23)32)20-13-7-17(8-14-20)26(2,3)4/h5-15,28H,1-4H3,(H,27,30). The van der Waals surface area contributed by atoms with Crippen LogP contribution >= 0.6 is 11.3 Å². The molecule has 2 aromatic carbocycles. The van der Waals surface area contributed by atoms with Gasteiger partial charge >= 0.3 is 0 Å². The molecule has 0 unspecified atom stereocenters. The van der Waals surface area contributed by atoms with Crippen LogP contribution < -0.4 is 15.5 Å². The van der Waals surface area contributed by atoms with Crippen molar-refractivity contribution in [2.45, 2.75) is 33.1 Å². The summed E-state index contributed by atoms with van der Waals surface area (Å²) in [4.78, 5) is 40.1. The van der Waals surface area contributed by atoms with E-state index in [0.29, 0.717) is 22.6 Å². The zero-order valence-corrected chi connectivity index (χ0v) is 19.7. The van der Waals surface area contributed by atoms with Gasteiger partial charge in [-0.1, -0.05) is 39.0 Å². The Labute approximate surface area is 196 Å². The van der Waals surface area contributed by atoms with Gasteiger partial charge in [0.2, 0.25) is 5.91 Å². The number of hydrogen-bond acceptors (Lipinski definition) is 5. The summed E-state index contributed by atoms with van der Waals surface area (Å²) in [6.45, 7) is 7.78. The summed E-state index contributed by atoms with van der Waals surface area (Å²) in [5.41, 5.74) is 3.48. The Morgan fingerprint density at radius 3 is 2.06 bits per heavy atom. The summed E-state index contributed by atoms with van der Waals surface area (Å²) in [5, 5.41) is 7.72. The van der Waals surface area contributed by atoms with E-state index in [4.69, 9.17) is 0 Å². The molecule has 7 heteroatoms. The monoisotopic (exact) mass is 459 g/mol. The fraction of sp³-hybridized carbons (Fsp3) is 0.192. The van der Waals surface area contributed by atoms with Crippen molar-refractivity contribution in [2.24, 2.45) is 0 Å². The molecule has 1 aliphatic heterocycles. The number of hydrogen-bond donors (Lipinski definition) is 2. The topological polar surface area (TPSA) is 78.5 Å². The van der Waals surface area contributed by atoms with Crippen molar-refractivity contribution >= 4 is 51.7 Å². The van der Waals surface area contributed by atoms with Gasteiger partial charge in [0.15, 0.2) is 0 Å². The molecule has 4 rings (SSSR count). The molecule has 0 saturated carbocycles. The van der Waals surface area contributed by atoms with Crippen LogP contribution in [0.1, 0.15) is 38.1 Å². The van der Waals surface area contributed by atoms with Gasteiger partial charge in [0, 0.05) is 23.2 Å². The highest BCUT2D eigenvalue weighted by Gasteiger charge is 2.40. The van der Waals surface area contributed by atoms with Crippen LogP contribution in [0.25, 0.3) is 5.57 Å². The minimum atomic E-state index is -0.405. The average molecular weight is 460 g/mol. The molecule has 0 atom stereocenters. The van der Waals surface area contributed by atoms with Gasteiger partial charge in [-0.05, 0) is 58.8 Å². The van der Waals surface area contributed by atoms with Gasteiger partial charge in [-0.25, -0.2) is 4.90 Å². The van der Waals surface area contributed by atoms with Crippen molar-refractivity contribution < 1.29 is 14.4 Å². The highest BCUT2D eigenvalue weighted by molar-refractivity contribution is 7.11. The van der Waals surface area contributed by atoms with Crippen LogP contribution in [0.5, 0.6) is 0 Å². The van der Waals surface area contributed by atoms with Gasteiger partial charge in [0.1, 0.15) is 5.70 Å². The molecule has 0 fully saturated rings. The fourth-order valence-electron chi connectivity index (χ4n) is 3.62. The second-order valence-corrected chi connectivity index (χ2v) is 9.80. The quantitative estimate of drug-likeness (QED) is 0.501. The zero-order valence-electron chi connectivity index (χ0n) is 18.9. The van der Waals surface area contributed by atoms with Crippen molar-refractivity contribution in [1.29, 1.82) is 0 Å². The number of thiophene rings is 1. The van der Waals surface area contributed by atoms with E-state index < -0.39 is 5.91 Å². The normalized spacial score (nSPS) is 14.1. The Bertz CT molecular complexity index is 1240. The summed E-state index contributed by atoms with van der Waals surface area (Å²) in [6, 6.07) is 18.2. The first-order chi connectivity index (χ1) is 15.6. The van der Waals surface area contributed by atoms with Gasteiger partial charge in [0.05, 0.1) is 11.3 Å². The molecule has 3 aromatic rings. The second kappa shape index (κ2) is 8.67. The first-order valence-corrected chi connectivity index (χ1v) is 11.5. The van der Waals surface area contributed by atoms with Crippen molar-refractivity contribution in [3.63, 3.8) is 0 Å². The summed E-state index contributed by atoms with van der Waals surface area (Å²) in [6.07, 6.45) is 0. The molecule has 1 aromatic heterocycles. The van der Waals surface area contributed by atoms with Crippen LogP contribution in [0, 0.1) is 0 Å². The van der Waals surface area contributed by atoms with Gasteiger partial charge in [-0.2, -0.15) is 0 Å². The maximum Gasteiger partial charge on any atom is 0.282 e. The van der Waals surface area contributed by atoms with E-state index in [1.165, 1.54) is 23.2 Å². The maximum absolute atomic E-state index is 13.5. The van der Waals surface area contributed by atoms with Crippen molar-refractivity contribution in [3.8, 4) is 0 Å². The largest absolute Gasteiger partial charge is 0.350 e. The fourth-order valence-corrected chi connectivity index (χ4v) is 4.39. The Kier molecular flexibility index (Phi) is 5.91. The Morgan fingerprint density at radius 2 is 1.52 bits per heavy atom. The van der Waals surface area contributed by atoms with E-state index in [0.717, 1.165) is 10.4 Å². The molecule has 0 radical (unpaired) electrons. The molecule has 33 heavy (non-hydrogen) atoms. The highest BCUT2D eigenvalue weighted by Crippen LogP contribution is 2.36. The summed E-state index contributed by atoms with van der Waals surface area (Å²) < 4.78 is 0. The minimum Gasteiger partial charge on any atom is -0.350 e. The third-order valence-electron chi connectivity index (χ3n) is 5.32. The number of carbonyl (C=O) groups excluding carboxylic acids is 3. The molecule has 2 N–H and O–H groups in total. The number of imide groups is 1. The summed E-state index contributed by atoms with van der Waals surface area (Å²) in [7, 11) is 0. The molecular formula is C26H25N3O3S. The number of anilines is 3. The number of nitrogens with zero attached hydrogens (tertiary/aromatic N) is 1. The molecule has 0 saturated heterocycles. The van der Waals surface area contributed by atoms with E-state index in [-0.39, 0.29) is 22.9 Å². The predicted molar refractivity (Wildman–Crippen MR) is 133 cm³/mol. The van der Waals surface area contributed by atoms with Crippen LogP contribution in [0.4, 0.5) is 17.1 Å². The molecule has 2 heterocycles. The number of nitrogens with one attached hydrogen (secondary N) is 2. The van der Waals surface area contributed by atoms with Crippen LogP contribution in [-0.2, 0) is 19.8 Å². The molecule has 6 nitrogen and oxygen atoms in total. The molecule has 168 valence electrons. The van der Waals surface area contributed by atoms with Gasteiger partial charge in [0.25, 0.3) is 11.8 Å². The van der Waals surface area contributed by atoms with E-state index >= 15 is 0 Å². The van der Waals surface area contributed by atoms with Crippen LogP contribution in [0.2, 0.25) is 0 Å². The zero-order chi connectivity index (χ0) is 23.8. The lowest BCUT2D eigenvalue weighted by molar-refractivity contribution is -0.120. The van der Waals surface area contributed by atoms with E-state index in [9.17, 15) is 14.4 Å². The predicted octanol–water partition coefficient (Wildman–Crippen LogP) is 5.40. The summed E-state index contributed by atoms with van der Waals surface area (Å²) >= 11 is 1.41. The smallest absolute Gasteiger partial charge is 0.282 e. The second-order valence-electron chi connectivity index (χ2n) is 8.85. The molecule has 0 aliphatic carbocycles. The van der Waals surface area contributed by atoms with E-state index in [2.05, 4.69) is 31.4 Å². The lowest BCUT2D eigenvalue weighted by atomic mass is 9.87. The average Bonchev–Trinajstić information content (AvgIpc) is 3.35. The highest BCUT2D eigenvalue weighted by atomic mass is 32.1. The lowest BCUT2D eigenvalue weighted by Crippen LogP contribution is -2.32. The Morgan fingerprint density at radius 1 is 0.879 bits per heavy atom. The van der Waals surface area contributed by atoms with Crippen molar-refractivity contribution in [2.75, 3.05) is 15.5 Å². The van der Waals surface area contributed by atoms with Crippen molar-refractivity contribution in [1.82, 2.24) is 0 Å². The van der Waals surface area contributed by atoms with Crippen LogP contribution in [0.3, 0.4) is 0 Å². The third-order valence-corrected chi connectivity index (χ3v) is 6.20. The minimum absolute atomic E-state index is 0.0337. The number of rotatable bonds is 5. The Balaban J connectivity index is 1.68. The number of amides is 3. The first-order valence-electron chi connectivity index (χ1n) is 10.6. The van der Waals surface area contributed by atoms with E-state index in [1.807, 2.05) is 41.8 Å². The van der Waals surface area contributed by atoms with Gasteiger partial charge in [-0.3, -0.25) is 14.4 Å². The van der Waals surface area contributed by atoms with Crippen molar-refractivity contribution in [3.05, 3.63) is 82.2 Å². The van der Waals surface area contributed by atoms with Gasteiger partial charge < -0.3 is 10.6 Å². The number of benzene rings is 2. The third kappa shape index (κ3) is 4.59.